The molecule has 0 saturated heterocycles. The van der Waals surface area contributed by atoms with Gasteiger partial charge in [-0.3, -0.25) is 0 Å². The van der Waals surface area contributed by atoms with Crippen LogP contribution in [-0.4, -0.2) is 9.55 Å². The number of aryl methyl sites for hydroxylation is 2. The number of rotatable bonds is 2. The van der Waals surface area contributed by atoms with Crippen LogP contribution in [0, 0.1) is 0 Å². The van der Waals surface area contributed by atoms with Crippen LogP contribution < -0.4 is 0 Å². The molecular weight excluding hydrogens is 208 g/mol. The van der Waals surface area contributed by atoms with Gasteiger partial charge in [-0.2, -0.15) is 0 Å². The maximum absolute atomic E-state index is 4.57. The van der Waals surface area contributed by atoms with Crippen LogP contribution in [0.5, 0.6) is 0 Å². The summed E-state index contributed by atoms with van der Waals surface area (Å²) in [5.41, 5.74) is 5.39. The van der Waals surface area contributed by atoms with Gasteiger partial charge < -0.3 is 4.57 Å². The van der Waals surface area contributed by atoms with Crippen molar-refractivity contribution in [2.45, 2.75) is 46.0 Å². The van der Waals surface area contributed by atoms with Gasteiger partial charge in [0, 0.05) is 7.05 Å². The Morgan fingerprint density at radius 3 is 2.53 bits per heavy atom. The summed E-state index contributed by atoms with van der Waals surface area (Å²) in [7, 11) is 2.08. The molecule has 0 fully saturated rings. The lowest BCUT2D eigenvalue weighted by Gasteiger charge is -2.21. The highest BCUT2D eigenvalue weighted by atomic mass is 15.0. The minimum Gasteiger partial charge on any atom is -0.333 e. The Balaban J connectivity index is 2.73. The van der Waals surface area contributed by atoms with Crippen molar-refractivity contribution in [2.75, 3.05) is 0 Å². The molecule has 0 atom stereocenters. The number of hydrogen-bond acceptors (Lipinski definition) is 1. The summed E-state index contributed by atoms with van der Waals surface area (Å²) in [5, 5.41) is 0. The third kappa shape index (κ3) is 2.08. The van der Waals surface area contributed by atoms with Gasteiger partial charge in [-0.1, -0.05) is 46.2 Å². The second-order valence-electron chi connectivity index (χ2n) is 5.82. The largest absolute Gasteiger partial charge is 0.333 e. The van der Waals surface area contributed by atoms with Gasteiger partial charge in [0.25, 0.3) is 0 Å². The maximum Gasteiger partial charge on any atom is 0.0955 e. The van der Waals surface area contributed by atoms with Crippen LogP contribution in [-0.2, 0) is 18.9 Å². The average Bonchev–Trinajstić information content (AvgIpc) is 2.61. The molecule has 1 heterocycles. The molecule has 0 bridgehead atoms. The zero-order valence-corrected chi connectivity index (χ0v) is 11.5. The molecule has 92 valence electrons. The van der Waals surface area contributed by atoms with Crippen molar-refractivity contribution in [3.8, 4) is 0 Å². The average molecular weight is 230 g/mol. The number of aromatic nitrogens is 2. The molecule has 17 heavy (non-hydrogen) atoms. The SMILES string of the molecule is CCCc1ccc(C(C)(C)C)c2c1ncn2C. The molecule has 0 aliphatic carbocycles. The van der Waals surface area contributed by atoms with Gasteiger partial charge in [0.05, 0.1) is 17.4 Å². The number of imidazole rings is 1. The predicted molar refractivity (Wildman–Crippen MR) is 73.4 cm³/mol. The van der Waals surface area contributed by atoms with Crippen LogP contribution in [0.4, 0.5) is 0 Å². The molecule has 1 aromatic heterocycles. The fourth-order valence-electron chi connectivity index (χ4n) is 2.40. The molecule has 0 N–H and O–H groups in total. The minimum atomic E-state index is 0.163. The Kier molecular flexibility index (Phi) is 2.98. The summed E-state index contributed by atoms with van der Waals surface area (Å²) >= 11 is 0. The lowest BCUT2D eigenvalue weighted by molar-refractivity contribution is 0.592. The first kappa shape index (κ1) is 12.2. The van der Waals surface area contributed by atoms with Crippen LogP contribution in [0.2, 0.25) is 0 Å². The fraction of sp³-hybridized carbons (Fsp3) is 0.533. The molecule has 2 rings (SSSR count). The van der Waals surface area contributed by atoms with Crippen molar-refractivity contribution in [1.82, 2.24) is 9.55 Å². The van der Waals surface area contributed by atoms with Crippen LogP contribution >= 0.6 is 0 Å². The normalized spacial score (nSPS) is 12.3. The standard InChI is InChI=1S/C15H22N2/c1-6-7-11-8-9-12(15(2,3)4)14-13(11)16-10-17(14)5/h8-10H,6-7H2,1-5H3. The summed E-state index contributed by atoms with van der Waals surface area (Å²) in [6.45, 7) is 8.99. The van der Waals surface area contributed by atoms with Crippen LogP contribution in [0.15, 0.2) is 18.5 Å². The van der Waals surface area contributed by atoms with E-state index in [0.29, 0.717) is 0 Å². The Morgan fingerprint density at radius 1 is 1.24 bits per heavy atom. The van der Waals surface area contributed by atoms with E-state index in [1.54, 1.807) is 0 Å². The third-order valence-corrected chi connectivity index (χ3v) is 3.27. The van der Waals surface area contributed by atoms with Crippen LogP contribution in [0.3, 0.4) is 0 Å². The summed E-state index contributed by atoms with van der Waals surface area (Å²) < 4.78 is 2.15. The lowest BCUT2D eigenvalue weighted by atomic mass is 9.85. The van der Waals surface area contributed by atoms with Gasteiger partial charge in [0.15, 0.2) is 0 Å². The molecule has 1 aromatic carbocycles. The Morgan fingerprint density at radius 2 is 1.94 bits per heavy atom. The van der Waals surface area contributed by atoms with Crippen molar-refractivity contribution in [3.05, 3.63) is 29.6 Å². The smallest absolute Gasteiger partial charge is 0.0955 e. The molecule has 0 unspecified atom stereocenters. The molecular formula is C15H22N2. The van der Waals surface area contributed by atoms with E-state index in [1.807, 2.05) is 6.33 Å². The van der Waals surface area contributed by atoms with Gasteiger partial charge in [0.2, 0.25) is 0 Å². The topological polar surface area (TPSA) is 17.8 Å². The number of nitrogens with zero attached hydrogens (tertiary/aromatic N) is 2. The first-order valence-corrected chi connectivity index (χ1v) is 6.38. The van der Waals surface area contributed by atoms with Gasteiger partial charge in [-0.05, 0) is 23.0 Å². The van der Waals surface area contributed by atoms with E-state index in [1.165, 1.54) is 28.6 Å². The van der Waals surface area contributed by atoms with E-state index in [2.05, 4.69) is 56.4 Å². The van der Waals surface area contributed by atoms with Crippen molar-refractivity contribution in [3.63, 3.8) is 0 Å². The van der Waals surface area contributed by atoms with Gasteiger partial charge in [-0.15, -0.1) is 0 Å². The molecule has 2 heteroatoms. The first-order chi connectivity index (χ1) is 7.95. The zero-order valence-electron chi connectivity index (χ0n) is 11.5. The van der Waals surface area contributed by atoms with E-state index in [4.69, 9.17) is 0 Å². The van der Waals surface area contributed by atoms with Crippen LogP contribution in [0.25, 0.3) is 11.0 Å². The molecule has 0 aliphatic heterocycles. The first-order valence-electron chi connectivity index (χ1n) is 6.38. The fourth-order valence-corrected chi connectivity index (χ4v) is 2.40. The summed E-state index contributed by atoms with van der Waals surface area (Å²) in [4.78, 5) is 4.57. The van der Waals surface area contributed by atoms with Crippen LogP contribution in [0.1, 0.15) is 45.2 Å². The van der Waals surface area contributed by atoms with Crippen molar-refractivity contribution in [2.24, 2.45) is 7.05 Å². The summed E-state index contributed by atoms with van der Waals surface area (Å²) in [6, 6.07) is 4.52. The van der Waals surface area contributed by atoms with E-state index in [-0.39, 0.29) is 5.41 Å². The zero-order chi connectivity index (χ0) is 12.6. The summed E-state index contributed by atoms with van der Waals surface area (Å²) in [6.07, 6.45) is 4.21. The van der Waals surface area contributed by atoms with Crippen molar-refractivity contribution in [1.29, 1.82) is 0 Å². The monoisotopic (exact) mass is 230 g/mol. The van der Waals surface area contributed by atoms with E-state index in [9.17, 15) is 0 Å². The second-order valence-corrected chi connectivity index (χ2v) is 5.82. The highest BCUT2D eigenvalue weighted by Gasteiger charge is 2.20. The third-order valence-electron chi connectivity index (χ3n) is 3.27. The minimum absolute atomic E-state index is 0.163. The quantitative estimate of drug-likeness (QED) is 0.766. The highest BCUT2D eigenvalue weighted by molar-refractivity contribution is 5.83. The summed E-state index contributed by atoms with van der Waals surface area (Å²) in [5.74, 6) is 0. The molecule has 0 radical (unpaired) electrons. The Hall–Kier alpha value is -1.31. The van der Waals surface area contributed by atoms with Gasteiger partial charge in [0.1, 0.15) is 0 Å². The Labute approximate surface area is 104 Å². The molecule has 0 aliphatic rings. The second kappa shape index (κ2) is 4.17. The Bertz CT molecular complexity index is 530. The molecule has 2 nitrogen and oxygen atoms in total. The number of benzene rings is 1. The highest BCUT2D eigenvalue weighted by Crippen LogP contribution is 2.31. The number of hydrogen-bond donors (Lipinski definition) is 0. The maximum atomic E-state index is 4.57. The van der Waals surface area contributed by atoms with E-state index in [0.717, 1.165) is 6.42 Å². The molecule has 0 saturated carbocycles. The lowest BCUT2D eigenvalue weighted by Crippen LogP contribution is -2.13. The molecule has 2 aromatic rings. The predicted octanol–water partition coefficient (Wildman–Crippen LogP) is 3.82. The molecule has 0 spiro atoms. The van der Waals surface area contributed by atoms with Gasteiger partial charge >= 0.3 is 0 Å². The molecule has 0 amide bonds. The van der Waals surface area contributed by atoms with Crippen molar-refractivity contribution >= 4 is 11.0 Å². The van der Waals surface area contributed by atoms with E-state index < -0.39 is 0 Å². The number of fused-ring (bicyclic) bond motifs is 1. The van der Waals surface area contributed by atoms with Crippen molar-refractivity contribution < 1.29 is 0 Å². The van der Waals surface area contributed by atoms with E-state index >= 15 is 0 Å². The van der Waals surface area contributed by atoms with Gasteiger partial charge in [-0.25, -0.2) is 4.98 Å².